The van der Waals surface area contributed by atoms with Crippen LogP contribution in [0.1, 0.15) is 30.4 Å². The summed E-state index contributed by atoms with van der Waals surface area (Å²) >= 11 is 0. The molecule has 1 aromatic heterocycles. The average molecular weight is 658 g/mol. The lowest BCUT2D eigenvalue weighted by Crippen LogP contribution is -2.55. The van der Waals surface area contributed by atoms with Crippen LogP contribution in [0, 0.1) is 17.1 Å². The Labute approximate surface area is 267 Å². The first-order valence-corrected chi connectivity index (χ1v) is 15.1. The van der Waals surface area contributed by atoms with Gasteiger partial charge in [0.2, 0.25) is 0 Å². The van der Waals surface area contributed by atoms with Crippen molar-refractivity contribution in [2.24, 2.45) is 0 Å². The van der Waals surface area contributed by atoms with Gasteiger partial charge in [0.1, 0.15) is 24.0 Å². The third-order valence-corrected chi connectivity index (χ3v) is 8.97. The minimum Gasteiger partial charge on any atom is -0.492 e. The smallest absolute Gasteiger partial charge is 0.419 e. The van der Waals surface area contributed by atoms with Crippen LogP contribution in [0.15, 0.2) is 30.6 Å². The van der Waals surface area contributed by atoms with Crippen LogP contribution in [0.2, 0.25) is 0 Å². The molecule has 2 N–H and O–H groups in total. The Bertz CT molecular complexity index is 1790. The molecule has 2 atom stereocenters. The van der Waals surface area contributed by atoms with Crippen molar-refractivity contribution in [3.05, 3.63) is 47.5 Å². The summed E-state index contributed by atoms with van der Waals surface area (Å²) in [7, 11) is 1.98. The van der Waals surface area contributed by atoms with Gasteiger partial charge in [-0.05, 0) is 55.8 Å². The minimum atomic E-state index is -5.02. The fourth-order valence-corrected chi connectivity index (χ4v) is 6.70. The molecule has 2 saturated heterocycles. The van der Waals surface area contributed by atoms with Crippen molar-refractivity contribution in [1.82, 2.24) is 19.8 Å². The van der Waals surface area contributed by atoms with Gasteiger partial charge >= 0.3 is 12.2 Å². The third-order valence-electron chi connectivity index (χ3n) is 8.97. The number of benzene rings is 2. The second kappa shape index (κ2) is 12.5. The van der Waals surface area contributed by atoms with Gasteiger partial charge in [0.05, 0.1) is 41.6 Å². The van der Waals surface area contributed by atoms with Gasteiger partial charge in [-0.3, -0.25) is 4.79 Å². The number of amides is 1. The zero-order valence-electron chi connectivity index (χ0n) is 25.5. The number of nitrogens with two attached hydrogens (primary N) is 1. The standard InChI is InChI=1S/C32H32F5N7O3/c1-17(33)30(45)44-10-9-43(15-19(44)5-7-38)29-26-25(40-31(41-29)47-16-20-4-3-8-42(20)2)14-22(21-6-11-46-28(21)26)23-12-18(39)13-24(34)27(23)32(35,36)37/h12-14,19-20H,1,3-6,8-11,15-16,39H2,2H3/t19-,20-/m0/s1. The molecule has 0 aliphatic carbocycles. The largest absolute Gasteiger partial charge is 0.492 e. The van der Waals surface area contributed by atoms with Crippen LogP contribution in [0.4, 0.5) is 33.5 Å². The molecule has 6 rings (SSSR count). The molecule has 0 radical (unpaired) electrons. The number of likely N-dealkylation sites (N-methyl/N-ethyl adjacent to an activating group) is 1. The number of rotatable bonds is 7. The fraction of sp³-hybridized carbons (Fsp3) is 0.438. The number of carbonyl (C=O) groups excluding carboxylic acids is 1. The van der Waals surface area contributed by atoms with E-state index in [-0.39, 0.29) is 80.3 Å². The maximum absolute atomic E-state index is 14.9. The van der Waals surface area contributed by atoms with E-state index in [1.807, 2.05) is 13.1 Å². The number of nitriles is 1. The Morgan fingerprint density at radius 3 is 2.66 bits per heavy atom. The molecule has 0 bridgehead atoms. The predicted octanol–water partition coefficient (Wildman–Crippen LogP) is 4.86. The molecule has 10 nitrogen and oxygen atoms in total. The van der Waals surface area contributed by atoms with Crippen LogP contribution in [0.25, 0.3) is 22.0 Å². The number of likely N-dealkylation sites (tertiary alicyclic amines) is 1. The van der Waals surface area contributed by atoms with E-state index in [0.29, 0.717) is 22.8 Å². The number of fused-ring (bicyclic) bond motifs is 3. The first-order valence-electron chi connectivity index (χ1n) is 15.1. The summed E-state index contributed by atoms with van der Waals surface area (Å²) in [5.74, 6) is -3.00. The summed E-state index contributed by atoms with van der Waals surface area (Å²) < 4.78 is 83.5. The Morgan fingerprint density at radius 2 is 1.98 bits per heavy atom. The van der Waals surface area contributed by atoms with Crippen molar-refractivity contribution < 1.29 is 36.2 Å². The van der Waals surface area contributed by atoms with Gasteiger partial charge in [-0.25, -0.2) is 8.78 Å². The number of hydrogen-bond acceptors (Lipinski definition) is 9. The number of anilines is 2. The fourth-order valence-electron chi connectivity index (χ4n) is 6.70. The van der Waals surface area contributed by atoms with Crippen LogP contribution < -0.4 is 20.1 Å². The van der Waals surface area contributed by atoms with E-state index in [1.165, 1.54) is 11.0 Å². The minimum absolute atomic E-state index is 0.0426. The van der Waals surface area contributed by atoms with E-state index in [2.05, 4.69) is 16.5 Å². The highest BCUT2D eigenvalue weighted by molar-refractivity contribution is 6.01. The molecule has 0 unspecified atom stereocenters. The van der Waals surface area contributed by atoms with Crippen LogP contribution in [0.5, 0.6) is 11.8 Å². The van der Waals surface area contributed by atoms with Gasteiger partial charge in [-0.1, -0.05) is 6.58 Å². The molecule has 2 aromatic carbocycles. The van der Waals surface area contributed by atoms with Gasteiger partial charge in [-0.15, -0.1) is 0 Å². The molecular weight excluding hydrogens is 625 g/mol. The zero-order valence-corrected chi connectivity index (χ0v) is 25.5. The van der Waals surface area contributed by atoms with Crippen LogP contribution in [-0.2, 0) is 17.4 Å². The number of ether oxygens (including phenoxy) is 2. The molecule has 2 fully saturated rings. The summed E-state index contributed by atoms with van der Waals surface area (Å²) in [6.07, 6.45) is -3.01. The molecule has 47 heavy (non-hydrogen) atoms. The predicted molar refractivity (Wildman–Crippen MR) is 163 cm³/mol. The van der Waals surface area contributed by atoms with E-state index < -0.39 is 40.9 Å². The maximum atomic E-state index is 14.9. The molecule has 3 aliphatic rings. The summed E-state index contributed by atoms with van der Waals surface area (Å²) in [6, 6.07) is 4.54. The van der Waals surface area contributed by atoms with E-state index in [1.54, 1.807) is 4.90 Å². The number of carbonyl (C=O) groups is 1. The average Bonchev–Trinajstić information content (AvgIpc) is 3.67. The van der Waals surface area contributed by atoms with Crippen molar-refractivity contribution in [3.63, 3.8) is 0 Å². The third kappa shape index (κ3) is 6.09. The van der Waals surface area contributed by atoms with Gasteiger partial charge < -0.3 is 29.9 Å². The lowest BCUT2D eigenvalue weighted by molar-refractivity contribution is -0.139. The van der Waals surface area contributed by atoms with Crippen LogP contribution >= 0.6 is 0 Å². The van der Waals surface area contributed by atoms with Crippen molar-refractivity contribution in [2.45, 2.75) is 43.9 Å². The van der Waals surface area contributed by atoms with Crippen molar-refractivity contribution in [3.8, 4) is 29.0 Å². The van der Waals surface area contributed by atoms with Crippen LogP contribution in [0.3, 0.4) is 0 Å². The number of alkyl halides is 3. The van der Waals surface area contributed by atoms with E-state index in [9.17, 15) is 32.0 Å². The molecule has 4 heterocycles. The van der Waals surface area contributed by atoms with Crippen molar-refractivity contribution in [2.75, 3.05) is 57.1 Å². The van der Waals surface area contributed by atoms with Gasteiger partial charge in [0, 0.05) is 43.3 Å². The maximum Gasteiger partial charge on any atom is 0.419 e. The Kier molecular flexibility index (Phi) is 8.56. The number of hydrogen-bond donors (Lipinski definition) is 1. The molecule has 3 aromatic rings. The number of nitrogens with zero attached hydrogens (tertiary/aromatic N) is 6. The second-order valence-electron chi connectivity index (χ2n) is 11.9. The molecule has 1 amide bonds. The normalized spacial score (nSPS) is 19.9. The van der Waals surface area contributed by atoms with Crippen LogP contribution in [-0.4, -0.2) is 84.2 Å². The number of nitrogen functional groups attached to an aromatic ring is 1. The molecule has 0 spiro atoms. The van der Waals surface area contributed by atoms with Crippen molar-refractivity contribution >= 4 is 28.3 Å². The van der Waals surface area contributed by atoms with Gasteiger partial charge in [-0.2, -0.15) is 28.4 Å². The Morgan fingerprint density at radius 1 is 1.19 bits per heavy atom. The van der Waals surface area contributed by atoms with E-state index in [0.717, 1.165) is 25.5 Å². The number of aromatic nitrogens is 2. The topological polar surface area (TPSA) is 121 Å². The molecular formula is C32H32F5N7O3. The lowest BCUT2D eigenvalue weighted by atomic mass is 9.91. The van der Waals surface area contributed by atoms with E-state index in [4.69, 9.17) is 20.2 Å². The van der Waals surface area contributed by atoms with E-state index >= 15 is 0 Å². The summed E-state index contributed by atoms with van der Waals surface area (Å²) in [4.78, 5) is 27.1. The number of halogens is 5. The highest BCUT2D eigenvalue weighted by atomic mass is 19.4. The Balaban J connectivity index is 1.52. The quantitative estimate of drug-likeness (QED) is 0.216. The molecule has 248 valence electrons. The van der Waals surface area contributed by atoms with Crippen molar-refractivity contribution in [1.29, 1.82) is 5.26 Å². The summed E-state index contributed by atoms with van der Waals surface area (Å²) in [5.41, 5.74) is 4.40. The second-order valence-corrected chi connectivity index (χ2v) is 11.9. The SMILES string of the molecule is C=C(F)C(=O)N1CCN(c2nc(OC[C@@H]3CCCN3C)nc3cc(-c4cc(N)cc(F)c4C(F)(F)F)c4c(c23)OCC4)C[C@@H]1CC#N. The van der Waals surface area contributed by atoms with Gasteiger partial charge in [0.25, 0.3) is 5.91 Å². The highest BCUT2D eigenvalue weighted by Gasteiger charge is 2.40. The summed E-state index contributed by atoms with van der Waals surface area (Å²) in [6.45, 7) is 4.70. The molecule has 0 saturated carbocycles. The first kappa shape index (κ1) is 32.2. The van der Waals surface area contributed by atoms with Gasteiger partial charge in [0.15, 0.2) is 5.83 Å². The Hall–Kier alpha value is -4.71. The number of piperazine rings is 1. The zero-order chi connectivity index (χ0) is 33.6. The summed E-state index contributed by atoms with van der Waals surface area (Å²) in [5, 5.41) is 9.89. The monoisotopic (exact) mass is 657 g/mol. The first-order chi connectivity index (χ1) is 22.4. The molecule has 3 aliphatic heterocycles. The highest BCUT2D eigenvalue weighted by Crippen LogP contribution is 2.48. The lowest BCUT2D eigenvalue weighted by Gasteiger charge is -2.41. The molecule has 15 heteroatoms.